The predicted octanol–water partition coefficient (Wildman–Crippen LogP) is 3.77. The van der Waals surface area contributed by atoms with Gasteiger partial charge in [0, 0.05) is 17.5 Å². The van der Waals surface area contributed by atoms with Crippen molar-refractivity contribution in [1.82, 2.24) is 15.2 Å². The summed E-state index contributed by atoms with van der Waals surface area (Å²) >= 11 is 0. The number of fused-ring (bicyclic) bond motifs is 1. The van der Waals surface area contributed by atoms with Crippen molar-refractivity contribution in [3.63, 3.8) is 0 Å². The molecule has 0 radical (unpaired) electrons. The molecular weight excluding hydrogens is 324 g/mol. The molecule has 2 heterocycles. The molecule has 0 saturated heterocycles. The number of amides is 1. The lowest BCUT2D eigenvalue weighted by molar-refractivity contribution is 0.102. The van der Waals surface area contributed by atoms with Gasteiger partial charge in [0.05, 0.1) is 0 Å². The number of nitrogens with one attached hydrogen (secondary N) is 2. The van der Waals surface area contributed by atoms with E-state index < -0.39 is 0 Å². The Kier molecular flexibility index (Phi) is 4.52. The maximum absolute atomic E-state index is 12.7. The van der Waals surface area contributed by atoms with E-state index in [0.29, 0.717) is 17.4 Å². The SMILES string of the molecule is CC1CCc2[nH]nc(C(=O)Nc3cc(Cc4ccccc4)ccn3)c2C1. The first-order valence-electron chi connectivity index (χ1n) is 9.05. The number of aromatic nitrogens is 3. The summed E-state index contributed by atoms with van der Waals surface area (Å²) in [6.45, 7) is 2.21. The highest BCUT2D eigenvalue weighted by Gasteiger charge is 2.25. The number of pyridine rings is 1. The van der Waals surface area contributed by atoms with E-state index in [9.17, 15) is 4.79 Å². The molecule has 0 fully saturated rings. The molecule has 1 unspecified atom stereocenters. The minimum atomic E-state index is -0.194. The average molecular weight is 346 g/mol. The van der Waals surface area contributed by atoms with Gasteiger partial charge in [-0.2, -0.15) is 5.10 Å². The monoisotopic (exact) mass is 346 g/mol. The van der Waals surface area contributed by atoms with Gasteiger partial charge in [0.1, 0.15) is 5.82 Å². The third-order valence-corrected chi connectivity index (χ3v) is 4.92. The van der Waals surface area contributed by atoms with E-state index in [-0.39, 0.29) is 5.91 Å². The molecular formula is C21H22N4O. The Morgan fingerprint density at radius 2 is 2.08 bits per heavy atom. The van der Waals surface area contributed by atoms with Crippen molar-refractivity contribution in [3.8, 4) is 0 Å². The largest absolute Gasteiger partial charge is 0.305 e. The van der Waals surface area contributed by atoms with Gasteiger partial charge in [-0.05, 0) is 54.9 Å². The molecule has 1 aromatic carbocycles. The van der Waals surface area contributed by atoms with Crippen molar-refractivity contribution in [3.05, 3.63) is 76.7 Å². The lowest BCUT2D eigenvalue weighted by Crippen LogP contribution is -2.18. The summed E-state index contributed by atoms with van der Waals surface area (Å²) in [5, 5.41) is 10.2. The summed E-state index contributed by atoms with van der Waals surface area (Å²) in [6.07, 6.45) is 5.54. The smallest absolute Gasteiger partial charge is 0.277 e. The van der Waals surface area contributed by atoms with Gasteiger partial charge in [0.2, 0.25) is 0 Å². The van der Waals surface area contributed by atoms with E-state index in [1.807, 2.05) is 30.3 Å². The highest BCUT2D eigenvalue weighted by atomic mass is 16.2. The van der Waals surface area contributed by atoms with E-state index in [2.05, 4.69) is 39.6 Å². The van der Waals surface area contributed by atoms with Crippen LogP contribution in [0.2, 0.25) is 0 Å². The van der Waals surface area contributed by atoms with E-state index in [1.54, 1.807) is 6.20 Å². The minimum absolute atomic E-state index is 0.194. The number of benzene rings is 1. The first kappa shape index (κ1) is 16.5. The summed E-state index contributed by atoms with van der Waals surface area (Å²) in [5.74, 6) is 0.948. The van der Waals surface area contributed by atoms with Crippen molar-refractivity contribution in [2.24, 2.45) is 5.92 Å². The molecule has 0 bridgehead atoms. The quantitative estimate of drug-likeness (QED) is 0.755. The standard InChI is InChI=1S/C21H22N4O/c1-14-7-8-18-17(11-14)20(25-24-18)21(26)23-19-13-16(9-10-22-19)12-15-5-3-2-4-6-15/h2-6,9-10,13-14H,7-8,11-12H2,1H3,(H,24,25)(H,22,23,26). The Hall–Kier alpha value is -2.95. The lowest BCUT2D eigenvalue weighted by atomic mass is 9.87. The first-order valence-corrected chi connectivity index (χ1v) is 9.05. The minimum Gasteiger partial charge on any atom is -0.305 e. The summed E-state index contributed by atoms with van der Waals surface area (Å²) < 4.78 is 0. The molecule has 1 aliphatic rings. The zero-order valence-electron chi connectivity index (χ0n) is 14.8. The van der Waals surface area contributed by atoms with Crippen molar-refractivity contribution in [1.29, 1.82) is 0 Å². The van der Waals surface area contributed by atoms with Gasteiger partial charge in [0.25, 0.3) is 5.91 Å². The molecule has 1 aliphatic carbocycles. The molecule has 3 aromatic rings. The molecule has 132 valence electrons. The normalized spacial score (nSPS) is 16.1. The zero-order valence-corrected chi connectivity index (χ0v) is 14.8. The molecule has 4 rings (SSSR count). The van der Waals surface area contributed by atoms with Gasteiger partial charge in [-0.1, -0.05) is 37.3 Å². The average Bonchev–Trinajstić information content (AvgIpc) is 3.06. The molecule has 2 N–H and O–H groups in total. The fourth-order valence-electron chi connectivity index (χ4n) is 3.52. The molecule has 0 saturated carbocycles. The van der Waals surface area contributed by atoms with Crippen LogP contribution < -0.4 is 5.32 Å². The van der Waals surface area contributed by atoms with Gasteiger partial charge in [-0.15, -0.1) is 0 Å². The van der Waals surface area contributed by atoms with E-state index >= 15 is 0 Å². The molecule has 5 nitrogen and oxygen atoms in total. The maximum atomic E-state index is 12.7. The van der Waals surface area contributed by atoms with Gasteiger partial charge in [-0.3, -0.25) is 9.89 Å². The topological polar surface area (TPSA) is 70.7 Å². The molecule has 0 aliphatic heterocycles. The van der Waals surface area contributed by atoms with E-state index in [4.69, 9.17) is 0 Å². The number of H-pyrrole nitrogens is 1. The van der Waals surface area contributed by atoms with Crippen LogP contribution in [-0.4, -0.2) is 21.1 Å². The van der Waals surface area contributed by atoms with Crippen LogP contribution in [0.3, 0.4) is 0 Å². The number of carbonyl (C=O) groups is 1. The van der Waals surface area contributed by atoms with Crippen LogP contribution in [-0.2, 0) is 19.3 Å². The third kappa shape index (κ3) is 3.52. The number of aromatic amines is 1. The van der Waals surface area contributed by atoms with Gasteiger partial charge in [-0.25, -0.2) is 4.98 Å². The van der Waals surface area contributed by atoms with E-state index in [0.717, 1.165) is 42.5 Å². The van der Waals surface area contributed by atoms with Crippen molar-refractivity contribution in [2.45, 2.75) is 32.6 Å². The summed E-state index contributed by atoms with van der Waals surface area (Å²) in [6, 6.07) is 14.1. The maximum Gasteiger partial charge on any atom is 0.277 e. The summed E-state index contributed by atoms with van der Waals surface area (Å²) in [4.78, 5) is 17.0. The summed E-state index contributed by atoms with van der Waals surface area (Å²) in [7, 11) is 0. The van der Waals surface area contributed by atoms with Crippen LogP contribution >= 0.6 is 0 Å². The Balaban J connectivity index is 1.50. The van der Waals surface area contributed by atoms with Crippen molar-refractivity contribution >= 4 is 11.7 Å². The van der Waals surface area contributed by atoms with Crippen LogP contribution in [0.4, 0.5) is 5.82 Å². The van der Waals surface area contributed by atoms with Crippen LogP contribution in [0.5, 0.6) is 0 Å². The summed E-state index contributed by atoms with van der Waals surface area (Å²) in [5.41, 5.74) is 4.99. The second-order valence-electron chi connectivity index (χ2n) is 7.04. The van der Waals surface area contributed by atoms with E-state index in [1.165, 1.54) is 5.56 Å². The molecule has 0 spiro atoms. The number of rotatable bonds is 4. The van der Waals surface area contributed by atoms with Gasteiger partial charge >= 0.3 is 0 Å². The number of carbonyl (C=O) groups excluding carboxylic acids is 1. The Bertz CT molecular complexity index is 917. The molecule has 26 heavy (non-hydrogen) atoms. The first-order chi connectivity index (χ1) is 12.7. The molecule has 1 amide bonds. The fraction of sp³-hybridized carbons (Fsp3) is 0.286. The number of aryl methyl sites for hydroxylation is 1. The predicted molar refractivity (Wildman–Crippen MR) is 101 cm³/mol. The Morgan fingerprint density at radius 1 is 1.23 bits per heavy atom. The van der Waals surface area contributed by atoms with Crippen LogP contribution in [0.15, 0.2) is 48.7 Å². The lowest BCUT2D eigenvalue weighted by Gasteiger charge is -2.17. The number of hydrogen-bond donors (Lipinski definition) is 2. The van der Waals surface area contributed by atoms with Crippen LogP contribution in [0.25, 0.3) is 0 Å². The second-order valence-corrected chi connectivity index (χ2v) is 7.04. The highest BCUT2D eigenvalue weighted by Crippen LogP contribution is 2.26. The zero-order chi connectivity index (χ0) is 17.9. The van der Waals surface area contributed by atoms with Crippen LogP contribution in [0, 0.1) is 5.92 Å². The van der Waals surface area contributed by atoms with Crippen molar-refractivity contribution in [2.75, 3.05) is 5.32 Å². The van der Waals surface area contributed by atoms with Gasteiger partial charge < -0.3 is 5.32 Å². The third-order valence-electron chi connectivity index (χ3n) is 4.92. The number of nitrogens with zero attached hydrogens (tertiary/aromatic N) is 2. The Morgan fingerprint density at radius 3 is 2.92 bits per heavy atom. The van der Waals surface area contributed by atoms with Crippen LogP contribution in [0.1, 0.15) is 46.2 Å². The fourth-order valence-corrected chi connectivity index (χ4v) is 3.52. The number of hydrogen-bond acceptors (Lipinski definition) is 3. The Labute approximate surface area is 152 Å². The molecule has 1 atom stereocenters. The number of anilines is 1. The van der Waals surface area contributed by atoms with Gasteiger partial charge in [0.15, 0.2) is 5.69 Å². The highest BCUT2D eigenvalue weighted by molar-refractivity contribution is 6.03. The molecule has 2 aromatic heterocycles. The second kappa shape index (κ2) is 7.12. The molecule has 5 heteroatoms. The van der Waals surface area contributed by atoms with Crippen molar-refractivity contribution < 1.29 is 4.79 Å².